The summed E-state index contributed by atoms with van der Waals surface area (Å²) in [5.41, 5.74) is 2.04. The third kappa shape index (κ3) is 4.18. The third-order valence-corrected chi connectivity index (χ3v) is 3.78. The van der Waals surface area contributed by atoms with Crippen molar-refractivity contribution in [2.24, 2.45) is 0 Å². The second-order valence-corrected chi connectivity index (χ2v) is 5.52. The van der Waals surface area contributed by atoms with Gasteiger partial charge >= 0.3 is 0 Å². The molecular weight excluding hydrogens is 238 g/mol. The van der Waals surface area contributed by atoms with Crippen molar-refractivity contribution >= 4 is 0 Å². The Bertz CT molecular complexity index is 418. The number of pyridine rings is 1. The number of hydrogen-bond acceptors (Lipinski definition) is 4. The van der Waals surface area contributed by atoms with Crippen LogP contribution in [0.3, 0.4) is 0 Å². The molecule has 0 saturated heterocycles. The monoisotopic (exact) mass is 263 g/mol. The van der Waals surface area contributed by atoms with Crippen molar-refractivity contribution in [3.8, 4) is 5.75 Å². The van der Waals surface area contributed by atoms with E-state index in [1.165, 1.54) is 12.8 Å². The van der Waals surface area contributed by atoms with Gasteiger partial charge in [-0.05, 0) is 33.7 Å². The van der Waals surface area contributed by atoms with Crippen molar-refractivity contribution in [2.45, 2.75) is 45.3 Å². The van der Waals surface area contributed by atoms with Gasteiger partial charge in [0.1, 0.15) is 5.75 Å². The number of ether oxygens (including phenoxy) is 1. The van der Waals surface area contributed by atoms with E-state index in [0.717, 1.165) is 36.3 Å². The zero-order valence-corrected chi connectivity index (χ0v) is 12.4. The molecule has 19 heavy (non-hydrogen) atoms. The predicted molar refractivity (Wildman–Crippen MR) is 77.5 cm³/mol. The second-order valence-electron chi connectivity index (χ2n) is 5.52. The molecule has 0 aromatic carbocycles. The molecule has 1 fully saturated rings. The Morgan fingerprint density at radius 1 is 1.47 bits per heavy atom. The largest absolute Gasteiger partial charge is 0.497 e. The summed E-state index contributed by atoms with van der Waals surface area (Å²) in [4.78, 5) is 6.98. The molecule has 1 aromatic heterocycles. The number of nitrogens with one attached hydrogen (secondary N) is 1. The fourth-order valence-electron chi connectivity index (χ4n) is 2.31. The van der Waals surface area contributed by atoms with Crippen molar-refractivity contribution in [2.75, 3.05) is 20.7 Å². The summed E-state index contributed by atoms with van der Waals surface area (Å²) in [6, 6.07) is 5.33. The van der Waals surface area contributed by atoms with Gasteiger partial charge in [-0.1, -0.05) is 0 Å². The molecule has 0 aliphatic heterocycles. The lowest BCUT2D eigenvalue weighted by Crippen LogP contribution is -2.39. The molecular formula is C15H25N3O. The summed E-state index contributed by atoms with van der Waals surface area (Å²) < 4.78 is 5.27. The van der Waals surface area contributed by atoms with Crippen molar-refractivity contribution in [3.63, 3.8) is 0 Å². The van der Waals surface area contributed by atoms with Crippen molar-refractivity contribution in [1.82, 2.24) is 15.2 Å². The lowest BCUT2D eigenvalue weighted by molar-refractivity contribution is 0.241. The molecule has 1 heterocycles. The average Bonchev–Trinajstić information content (AvgIpc) is 3.21. The van der Waals surface area contributed by atoms with Crippen LogP contribution in [0.5, 0.6) is 5.75 Å². The molecule has 2 rings (SSSR count). The number of rotatable bonds is 7. The van der Waals surface area contributed by atoms with Crippen LogP contribution in [0.4, 0.5) is 0 Å². The Morgan fingerprint density at radius 3 is 2.84 bits per heavy atom. The van der Waals surface area contributed by atoms with E-state index in [9.17, 15) is 0 Å². The SMILES string of the molecule is COc1cc(C)nc(CNCC(C)N(C)C2CC2)c1. The second kappa shape index (κ2) is 6.35. The molecule has 0 radical (unpaired) electrons. The van der Waals surface area contributed by atoms with Crippen LogP contribution in [0.1, 0.15) is 31.2 Å². The summed E-state index contributed by atoms with van der Waals surface area (Å²) in [5.74, 6) is 0.882. The zero-order valence-electron chi connectivity index (χ0n) is 12.4. The fourth-order valence-corrected chi connectivity index (χ4v) is 2.31. The maximum Gasteiger partial charge on any atom is 0.122 e. The van der Waals surface area contributed by atoms with Crippen molar-refractivity contribution in [1.29, 1.82) is 0 Å². The Labute approximate surface area is 116 Å². The van der Waals surface area contributed by atoms with Gasteiger partial charge in [-0.2, -0.15) is 0 Å². The lowest BCUT2D eigenvalue weighted by atomic mass is 10.2. The normalized spacial score (nSPS) is 16.7. The highest BCUT2D eigenvalue weighted by Crippen LogP contribution is 2.26. The Kier molecular flexibility index (Phi) is 4.77. The molecule has 1 saturated carbocycles. The molecule has 0 amide bonds. The van der Waals surface area contributed by atoms with Gasteiger partial charge in [0, 0.05) is 43.0 Å². The van der Waals surface area contributed by atoms with Crippen LogP contribution in [0, 0.1) is 6.92 Å². The van der Waals surface area contributed by atoms with Gasteiger partial charge in [0.2, 0.25) is 0 Å². The molecule has 4 nitrogen and oxygen atoms in total. The maximum absolute atomic E-state index is 5.27. The predicted octanol–water partition coefficient (Wildman–Crippen LogP) is 1.97. The molecule has 1 N–H and O–H groups in total. The molecule has 0 bridgehead atoms. The smallest absolute Gasteiger partial charge is 0.122 e. The number of aryl methyl sites for hydroxylation is 1. The summed E-state index contributed by atoms with van der Waals surface area (Å²) in [6.45, 7) is 6.05. The number of aromatic nitrogens is 1. The van der Waals surface area contributed by atoms with E-state index in [0.29, 0.717) is 6.04 Å². The third-order valence-electron chi connectivity index (χ3n) is 3.78. The average molecular weight is 263 g/mol. The van der Waals surface area contributed by atoms with Crippen molar-refractivity contribution in [3.05, 3.63) is 23.5 Å². The first-order valence-electron chi connectivity index (χ1n) is 7.04. The summed E-state index contributed by atoms with van der Waals surface area (Å²) in [7, 11) is 3.91. The van der Waals surface area contributed by atoms with E-state index in [1.54, 1.807) is 7.11 Å². The van der Waals surface area contributed by atoms with Crippen LogP contribution in [-0.2, 0) is 6.54 Å². The van der Waals surface area contributed by atoms with Crippen LogP contribution in [0.15, 0.2) is 12.1 Å². The molecule has 0 spiro atoms. The van der Waals surface area contributed by atoms with Crippen LogP contribution in [0.25, 0.3) is 0 Å². The summed E-state index contributed by atoms with van der Waals surface area (Å²) in [5, 5.41) is 3.48. The number of hydrogen-bond donors (Lipinski definition) is 1. The minimum absolute atomic E-state index is 0.569. The number of methoxy groups -OCH3 is 1. The van der Waals surface area contributed by atoms with Gasteiger partial charge in [-0.25, -0.2) is 0 Å². The molecule has 4 heteroatoms. The first kappa shape index (κ1) is 14.3. The maximum atomic E-state index is 5.27. The lowest BCUT2D eigenvalue weighted by Gasteiger charge is -2.24. The van der Waals surface area contributed by atoms with E-state index in [-0.39, 0.29) is 0 Å². The van der Waals surface area contributed by atoms with Crippen LogP contribution < -0.4 is 10.1 Å². The van der Waals surface area contributed by atoms with E-state index < -0.39 is 0 Å². The molecule has 1 aromatic rings. The minimum atomic E-state index is 0.569. The highest BCUT2D eigenvalue weighted by Gasteiger charge is 2.28. The molecule has 106 valence electrons. The summed E-state index contributed by atoms with van der Waals surface area (Å²) >= 11 is 0. The Morgan fingerprint density at radius 2 is 2.21 bits per heavy atom. The standard InChI is InChI=1S/C15H25N3O/c1-11-7-15(19-4)8-13(17-11)10-16-9-12(2)18(3)14-5-6-14/h7-8,12,14,16H,5-6,9-10H2,1-4H3. The van der Waals surface area contributed by atoms with Crippen LogP contribution in [-0.4, -0.2) is 42.7 Å². The molecule has 1 unspecified atom stereocenters. The highest BCUT2D eigenvalue weighted by atomic mass is 16.5. The molecule has 1 atom stereocenters. The quantitative estimate of drug-likeness (QED) is 0.816. The minimum Gasteiger partial charge on any atom is -0.497 e. The number of likely N-dealkylation sites (N-methyl/N-ethyl adjacent to an activating group) is 1. The van der Waals surface area contributed by atoms with E-state index in [1.807, 2.05) is 19.1 Å². The van der Waals surface area contributed by atoms with Crippen LogP contribution in [0.2, 0.25) is 0 Å². The first-order chi connectivity index (χ1) is 9.10. The Balaban J connectivity index is 1.80. The first-order valence-corrected chi connectivity index (χ1v) is 7.04. The zero-order chi connectivity index (χ0) is 13.8. The van der Waals surface area contributed by atoms with Crippen molar-refractivity contribution < 1.29 is 4.74 Å². The van der Waals surface area contributed by atoms with Gasteiger partial charge in [0.05, 0.1) is 12.8 Å². The van der Waals surface area contributed by atoms with Gasteiger partial charge in [-0.15, -0.1) is 0 Å². The van der Waals surface area contributed by atoms with Gasteiger partial charge < -0.3 is 10.1 Å². The van der Waals surface area contributed by atoms with E-state index in [2.05, 4.69) is 29.2 Å². The fraction of sp³-hybridized carbons (Fsp3) is 0.667. The molecule has 1 aliphatic rings. The topological polar surface area (TPSA) is 37.4 Å². The number of nitrogens with zero attached hydrogens (tertiary/aromatic N) is 2. The van der Waals surface area contributed by atoms with Crippen LogP contribution >= 0.6 is 0 Å². The van der Waals surface area contributed by atoms with E-state index in [4.69, 9.17) is 4.74 Å². The molecule has 1 aliphatic carbocycles. The Hall–Kier alpha value is -1.13. The van der Waals surface area contributed by atoms with Gasteiger partial charge in [0.15, 0.2) is 0 Å². The van der Waals surface area contributed by atoms with E-state index >= 15 is 0 Å². The highest BCUT2D eigenvalue weighted by molar-refractivity contribution is 5.26. The van der Waals surface area contributed by atoms with Gasteiger partial charge in [-0.3, -0.25) is 9.88 Å². The van der Waals surface area contributed by atoms with Gasteiger partial charge in [0.25, 0.3) is 0 Å². The summed E-state index contributed by atoms with van der Waals surface area (Å²) in [6.07, 6.45) is 2.72.